The van der Waals surface area contributed by atoms with E-state index in [9.17, 15) is 10.2 Å². The molecule has 1 saturated carbocycles. The minimum Gasteiger partial charge on any atom is -0.497 e. The van der Waals surface area contributed by atoms with Crippen molar-refractivity contribution in [2.75, 3.05) is 7.11 Å². The first-order chi connectivity index (χ1) is 8.24. The molecule has 2 N–H and O–H groups in total. The molecule has 2 rings (SSSR count). The van der Waals surface area contributed by atoms with Crippen LogP contribution in [-0.4, -0.2) is 29.5 Å². The summed E-state index contributed by atoms with van der Waals surface area (Å²) in [6, 6.07) is 5.31. The van der Waals surface area contributed by atoms with Gasteiger partial charge in [-0.3, -0.25) is 0 Å². The van der Waals surface area contributed by atoms with Crippen molar-refractivity contribution in [3.05, 3.63) is 23.8 Å². The van der Waals surface area contributed by atoms with E-state index in [1.807, 2.05) is 0 Å². The average Bonchev–Trinajstić information content (AvgIpc) is 2.75. The summed E-state index contributed by atoms with van der Waals surface area (Å²) in [6.07, 6.45) is 2.07. The van der Waals surface area contributed by atoms with E-state index in [2.05, 4.69) is 0 Å². The van der Waals surface area contributed by atoms with E-state index < -0.39 is 6.10 Å². The van der Waals surface area contributed by atoms with E-state index in [0.29, 0.717) is 17.1 Å². The lowest BCUT2D eigenvalue weighted by atomic mass is 10.2. The minimum absolute atomic E-state index is 0.102. The van der Waals surface area contributed by atoms with Crippen molar-refractivity contribution in [3.8, 4) is 11.5 Å². The van der Waals surface area contributed by atoms with Gasteiger partial charge in [-0.2, -0.15) is 0 Å². The summed E-state index contributed by atoms with van der Waals surface area (Å²) in [5, 5.41) is 19.0. The van der Waals surface area contributed by atoms with Crippen molar-refractivity contribution < 1.29 is 19.7 Å². The van der Waals surface area contributed by atoms with Gasteiger partial charge in [0.05, 0.1) is 19.8 Å². The molecule has 0 bridgehead atoms. The summed E-state index contributed by atoms with van der Waals surface area (Å²) >= 11 is 0. The second kappa shape index (κ2) is 5.38. The lowest BCUT2D eigenvalue weighted by molar-refractivity contribution is 0.0588. The highest BCUT2D eigenvalue weighted by atomic mass is 16.5. The number of hydrogen-bond donors (Lipinski definition) is 2. The number of benzene rings is 1. The monoisotopic (exact) mass is 238 g/mol. The Morgan fingerprint density at radius 3 is 2.76 bits per heavy atom. The molecular formula is C13H18O4. The molecular weight excluding hydrogens is 220 g/mol. The molecule has 94 valence electrons. The topological polar surface area (TPSA) is 58.9 Å². The van der Waals surface area contributed by atoms with Crippen LogP contribution >= 0.6 is 0 Å². The molecule has 0 spiro atoms. The van der Waals surface area contributed by atoms with E-state index in [-0.39, 0.29) is 12.7 Å². The molecule has 0 heterocycles. The zero-order valence-electron chi connectivity index (χ0n) is 9.93. The van der Waals surface area contributed by atoms with Gasteiger partial charge in [-0.05, 0) is 37.5 Å². The summed E-state index contributed by atoms with van der Waals surface area (Å²) in [7, 11) is 1.58. The average molecular weight is 238 g/mol. The Kier molecular flexibility index (Phi) is 3.86. The quantitative estimate of drug-likeness (QED) is 0.834. The molecule has 2 atom stereocenters. The largest absolute Gasteiger partial charge is 0.497 e. The van der Waals surface area contributed by atoms with Gasteiger partial charge in [-0.25, -0.2) is 0 Å². The molecule has 0 radical (unpaired) electrons. The molecule has 0 amide bonds. The SMILES string of the molecule is COc1ccc(OC2CCCC2O)c(CO)c1. The predicted molar refractivity (Wildman–Crippen MR) is 63.2 cm³/mol. The van der Waals surface area contributed by atoms with E-state index in [4.69, 9.17) is 9.47 Å². The Labute approximate surface area is 101 Å². The number of aliphatic hydroxyl groups is 2. The van der Waals surface area contributed by atoms with Gasteiger partial charge in [0.2, 0.25) is 0 Å². The highest BCUT2D eigenvalue weighted by molar-refractivity contribution is 5.40. The van der Waals surface area contributed by atoms with Gasteiger partial charge < -0.3 is 19.7 Å². The Morgan fingerprint density at radius 1 is 1.35 bits per heavy atom. The summed E-state index contributed by atoms with van der Waals surface area (Å²) in [6.45, 7) is -0.102. The van der Waals surface area contributed by atoms with Crippen LogP contribution in [0.1, 0.15) is 24.8 Å². The highest BCUT2D eigenvalue weighted by Gasteiger charge is 2.27. The smallest absolute Gasteiger partial charge is 0.125 e. The molecule has 1 fully saturated rings. The van der Waals surface area contributed by atoms with Crippen LogP contribution in [0.3, 0.4) is 0 Å². The van der Waals surface area contributed by atoms with Gasteiger partial charge in [0, 0.05) is 5.56 Å². The van der Waals surface area contributed by atoms with Crippen LogP contribution in [0.2, 0.25) is 0 Å². The lowest BCUT2D eigenvalue weighted by Gasteiger charge is -2.19. The van der Waals surface area contributed by atoms with E-state index >= 15 is 0 Å². The fraction of sp³-hybridized carbons (Fsp3) is 0.538. The molecule has 1 aliphatic carbocycles. The van der Waals surface area contributed by atoms with E-state index in [1.165, 1.54) is 0 Å². The third kappa shape index (κ3) is 2.70. The first-order valence-electron chi connectivity index (χ1n) is 5.87. The fourth-order valence-electron chi connectivity index (χ4n) is 2.13. The Morgan fingerprint density at radius 2 is 2.18 bits per heavy atom. The second-order valence-corrected chi connectivity index (χ2v) is 4.29. The van der Waals surface area contributed by atoms with Gasteiger partial charge in [0.25, 0.3) is 0 Å². The predicted octanol–water partition coefficient (Wildman–Crippen LogP) is 1.48. The maximum absolute atomic E-state index is 9.70. The number of aliphatic hydroxyl groups excluding tert-OH is 2. The van der Waals surface area contributed by atoms with Gasteiger partial charge in [-0.1, -0.05) is 0 Å². The number of ether oxygens (including phenoxy) is 2. The molecule has 4 nitrogen and oxygen atoms in total. The number of hydrogen-bond acceptors (Lipinski definition) is 4. The third-order valence-electron chi connectivity index (χ3n) is 3.13. The summed E-state index contributed by atoms with van der Waals surface area (Å²) in [4.78, 5) is 0. The number of rotatable bonds is 4. The van der Waals surface area contributed by atoms with Crippen molar-refractivity contribution >= 4 is 0 Å². The first kappa shape index (κ1) is 12.2. The minimum atomic E-state index is -0.399. The van der Waals surface area contributed by atoms with Gasteiger partial charge >= 0.3 is 0 Å². The molecule has 0 aromatic heterocycles. The van der Waals surface area contributed by atoms with Crippen LogP contribution in [0.4, 0.5) is 0 Å². The van der Waals surface area contributed by atoms with E-state index in [1.54, 1.807) is 25.3 Å². The van der Waals surface area contributed by atoms with Crippen molar-refractivity contribution in [2.24, 2.45) is 0 Å². The molecule has 1 aromatic carbocycles. The normalized spacial score (nSPS) is 23.7. The molecule has 17 heavy (non-hydrogen) atoms. The lowest BCUT2D eigenvalue weighted by Crippen LogP contribution is -2.26. The zero-order chi connectivity index (χ0) is 12.3. The van der Waals surface area contributed by atoms with Crippen molar-refractivity contribution in [1.82, 2.24) is 0 Å². The summed E-state index contributed by atoms with van der Waals surface area (Å²) in [5.41, 5.74) is 0.684. The van der Waals surface area contributed by atoms with Crippen LogP contribution < -0.4 is 9.47 Å². The Hall–Kier alpha value is -1.26. The Balaban J connectivity index is 2.14. The van der Waals surface area contributed by atoms with E-state index in [0.717, 1.165) is 19.3 Å². The molecule has 0 aliphatic heterocycles. The summed E-state index contributed by atoms with van der Waals surface area (Å²) in [5.74, 6) is 1.31. The zero-order valence-corrected chi connectivity index (χ0v) is 9.93. The standard InChI is InChI=1S/C13H18O4/c1-16-10-5-6-12(9(7-10)8-14)17-13-4-2-3-11(13)15/h5-7,11,13-15H,2-4,8H2,1H3. The van der Waals surface area contributed by atoms with Gasteiger partial charge in [-0.15, -0.1) is 0 Å². The van der Waals surface area contributed by atoms with Crippen LogP contribution in [0.15, 0.2) is 18.2 Å². The first-order valence-corrected chi connectivity index (χ1v) is 5.87. The molecule has 0 saturated heterocycles. The molecule has 4 heteroatoms. The number of methoxy groups -OCH3 is 1. The fourth-order valence-corrected chi connectivity index (χ4v) is 2.13. The maximum atomic E-state index is 9.70. The molecule has 2 unspecified atom stereocenters. The summed E-state index contributed by atoms with van der Waals surface area (Å²) < 4.78 is 10.8. The van der Waals surface area contributed by atoms with Crippen LogP contribution in [-0.2, 0) is 6.61 Å². The van der Waals surface area contributed by atoms with Crippen LogP contribution in [0.5, 0.6) is 11.5 Å². The van der Waals surface area contributed by atoms with Crippen molar-refractivity contribution in [3.63, 3.8) is 0 Å². The van der Waals surface area contributed by atoms with Crippen LogP contribution in [0.25, 0.3) is 0 Å². The third-order valence-corrected chi connectivity index (χ3v) is 3.13. The molecule has 1 aliphatic rings. The van der Waals surface area contributed by atoms with Gasteiger partial charge in [0.1, 0.15) is 17.6 Å². The highest BCUT2D eigenvalue weighted by Crippen LogP contribution is 2.29. The Bertz CT molecular complexity index is 378. The molecule has 1 aromatic rings. The second-order valence-electron chi connectivity index (χ2n) is 4.29. The van der Waals surface area contributed by atoms with Crippen LogP contribution in [0, 0.1) is 0 Å². The maximum Gasteiger partial charge on any atom is 0.125 e. The van der Waals surface area contributed by atoms with Gasteiger partial charge in [0.15, 0.2) is 0 Å². The van der Waals surface area contributed by atoms with Crippen molar-refractivity contribution in [2.45, 2.75) is 38.1 Å². The van der Waals surface area contributed by atoms with Crippen molar-refractivity contribution in [1.29, 1.82) is 0 Å².